The Labute approximate surface area is 171 Å². The SMILES string of the molecule is CCNC(=NCc1cccc(NC(=O)c2ccco2)c1)NCCCOCC1CC1. The second-order valence-electron chi connectivity index (χ2n) is 7.13. The number of hydrogen-bond donors (Lipinski definition) is 3. The largest absolute Gasteiger partial charge is 0.459 e. The highest BCUT2D eigenvalue weighted by atomic mass is 16.5. The predicted molar refractivity (Wildman–Crippen MR) is 114 cm³/mol. The number of carbonyl (C=O) groups excluding carboxylic acids is 1. The van der Waals surface area contributed by atoms with Crippen LogP contribution in [0.1, 0.15) is 42.3 Å². The van der Waals surface area contributed by atoms with E-state index in [4.69, 9.17) is 9.15 Å². The van der Waals surface area contributed by atoms with Gasteiger partial charge in [-0.1, -0.05) is 12.1 Å². The topological polar surface area (TPSA) is 87.9 Å². The summed E-state index contributed by atoms with van der Waals surface area (Å²) in [4.78, 5) is 16.7. The van der Waals surface area contributed by atoms with E-state index < -0.39 is 0 Å². The monoisotopic (exact) mass is 398 g/mol. The molecule has 0 bridgehead atoms. The molecule has 7 heteroatoms. The van der Waals surface area contributed by atoms with E-state index in [1.54, 1.807) is 12.1 Å². The average molecular weight is 399 g/mol. The van der Waals surface area contributed by atoms with Crippen LogP contribution in [0.15, 0.2) is 52.1 Å². The average Bonchev–Trinajstić information content (AvgIpc) is 3.38. The van der Waals surface area contributed by atoms with Crippen LogP contribution in [0.4, 0.5) is 5.69 Å². The highest BCUT2D eigenvalue weighted by Gasteiger charge is 2.20. The Morgan fingerprint density at radius 3 is 2.90 bits per heavy atom. The minimum absolute atomic E-state index is 0.269. The highest BCUT2D eigenvalue weighted by Crippen LogP contribution is 2.28. The number of hydrogen-bond acceptors (Lipinski definition) is 4. The molecule has 0 unspecified atom stereocenters. The Bertz CT molecular complexity index is 785. The van der Waals surface area contributed by atoms with Crippen LogP contribution < -0.4 is 16.0 Å². The molecule has 0 aliphatic heterocycles. The van der Waals surface area contributed by atoms with E-state index in [0.717, 1.165) is 50.2 Å². The second-order valence-corrected chi connectivity index (χ2v) is 7.13. The van der Waals surface area contributed by atoms with Gasteiger partial charge in [0.2, 0.25) is 0 Å². The summed E-state index contributed by atoms with van der Waals surface area (Å²) in [6, 6.07) is 11.0. The molecule has 1 aliphatic carbocycles. The zero-order valence-electron chi connectivity index (χ0n) is 16.9. The van der Waals surface area contributed by atoms with E-state index in [9.17, 15) is 4.79 Å². The third-order valence-corrected chi connectivity index (χ3v) is 4.50. The van der Waals surface area contributed by atoms with Crippen LogP contribution in [-0.4, -0.2) is 38.2 Å². The Hall–Kier alpha value is -2.80. The smallest absolute Gasteiger partial charge is 0.291 e. The van der Waals surface area contributed by atoms with Crippen LogP contribution >= 0.6 is 0 Å². The molecule has 0 atom stereocenters. The third-order valence-electron chi connectivity index (χ3n) is 4.50. The van der Waals surface area contributed by atoms with Crippen molar-refractivity contribution in [2.24, 2.45) is 10.9 Å². The lowest BCUT2D eigenvalue weighted by molar-refractivity contribution is 0.0996. The first-order valence-corrected chi connectivity index (χ1v) is 10.3. The number of amides is 1. The van der Waals surface area contributed by atoms with Crippen molar-refractivity contribution in [3.63, 3.8) is 0 Å². The molecule has 7 nitrogen and oxygen atoms in total. The Balaban J connectivity index is 1.45. The fraction of sp³-hybridized carbons (Fsp3) is 0.455. The van der Waals surface area contributed by atoms with Crippen molar-refractivity contribution >= 4 is 17.6 Å². The van der Waals surface area contributed by atoms with Gasteiger partial charge >= 0.3 is 0 Å². The molecule has 1 aromatic heterocycles. The van der Waals surface area contributed by atoms with Gasteiger partial charge in [-0.05, 0) is 61.9 Å². The molecule has 1 heterocycles. The molecule has 3 rings (SSSR count). The van der Waals surface area contributed by atoms with E-state index in [2.05, 4.69) is 20.9 Å². The summed E-state index contributed by atoms with van der Waals surface area (Å²) in [5.74, 6) is 1.60. The van der Waals surface area contributed by atoms with Gasteiger partial charge in [-0.2, -0.15) is 0 Å². The number of nitrogens with one attached hydrogen (secondary N) is 3. The fourth-order valence-electron chi connectivity index (χ4n) is 2.78. The highest BCUT2D eigenvalue weighted by molar-refractivity contribution is 6.02. The van der Waals surface area contributed by atoms with Crippen LogP contribution in [0.25, 0.3) is 0 Å². The molecule has 3 N–H and O–H groups in total. The Morgan fingerprint density at radius 2 is 2.14 bits per heavy atom. The standard InChI is InChI=1S/C22H30N4O3/c1-2-23-22(24-11-5-12-28-16-17-9-10-17)25-15-18-6-3-7-19(14-18)26-21(27)20-8-4-13-29-20/h3-4,6-8,13-14,17H,2,5,9-12,15-16H2,1H3,(H,26,27)(H2,23,24,25). The van der Waals surface area contributed by atoms with Crippen LogP contribution in [0.5, 0.6) is 0 Å². The Kier molecular flexibility index (Phi) is 8.12. The summed E-state index contributed by atoms with van der Waals surface area (Å²) < 4.78 is 10.8. The second kappa shape index (κ2) is 11.3. The number of furan rings is 1. The van der Waals surface area contributed by atoms with Crippen molar-refractivity contribution in [1.29, 1.82) is 0 Å². The molecule has 1 saturated carbocycles. The van der Waals surface area contributed by atoms with Crippen molar-refractivity contribution in [3.05, 3.63) is 54.0 Å². The summed E-state index contributed by atoms with van der Waals surface area (Å²) in [7, 11) is 0. The minimum atomic E-state index is -0.269. The lowest BCUT2D eigenvalue weighted by atomic mass is 10.2. The van der Waals surface area contributed by atoms with Crippen molar-refractivity contribution in [3.8, 4) is 0 Å². The zero-order valence-corrected chi connectivity index (χ0v) is 16.9. The molecule has 1 aliphatic rings. The van der Waals surface area contributed by atoms with E-state index >= 15 is 0 Å². The maximum Gasteiger partial charge on any atom is 0.291 e. The number of carbonyl (C=O) groups is 1. The summed E-state index contributed by atoms with van der Waals surface area (Å²) in [6.45, 7) is 5.85. The van der Waals surface area contributed by atoms with E-state index in [1.165, 1.54) is 19.1 Å². The molecule has 0 radical (unpaired) electrons. The van der Waals surface area contributed by atoms with Crippen molar-refractivity contribution < 1.29 is 13.9 Å². The number of aliphatic imine (C=N–C) groups is 1. The number of guanidine groups is 1. The predicted octanol–water partition coefficient (Wildman–Crippen LogP) is 3.40. The summed E-state index contributed by atoms with van der Waals surface area (Å²) >= 11 is 0. The summed E-state index contributed by atoms with van der Waals surface area (Å²) in [5, 5.41) is 9.43. The summed E-state index contributed by atoms with van der Waals surface area (Å²) in [6.07, 6.45) is 5.08. The Morgan fingerprint density at radius 1 is 1.24 bits per heavy atom. The van der Waals surface area contributed by atoms with Crippen LogP contribution in [0.2, 0.25) is 0 Å². The number of rotatable bonds is 11. The van der Waals surface area contributed by atoms with Gasteiger partial charge in [-0.3, -0.25) is 4.79 Å². The third kappa shape index (κ3) is 7.62. The normalized spacial score (nSPS) is 13.9. The number of anilines is 1. The van der Waals surface area contributed by atoms with Gasteiger partial charge in [0.1, 0.15) is 0 Å². The summed E-state index contributed by atoms with van der Waals surface area (Å²) in [5.41, 5.74) is 1.72. The molecule has 1 fully saturated rings. The lowest BCUT2D eigenvalue weighted by Crippen LogP contribution is -2.38. The van der Waals surface area contributed by atoms with Crippen molar-refractivity contribution in [2.75, 3.05) is 31.6 Å². The molecule has 2 aromatic rings. The molecular formula is C22H30N4O3. The zero-order chi connectivity index (χ0) is 20.3. The molecule has 0 spiro atoms. The molecule has 29 heavy (non-hydrogen) atoms. The number of benzene rings is 1. The van der Waals surface area contributed by atoms with E-state index in [1.807, 2.05) is 31.2 Å². The fourth-order valence-corrected chi connectivity index (χ4v) is 2.78. The molecule has 1 aromatic carbocycles. The number of ether oxygens (including phenoxy) is 1. The van der Waals surface area contributed by atoms with Gasteiger partial charge in [0.25, 0.3) is 5.91 Å². The van der Waals surface area contributed by atoms with Gasteiger partial charge in [0.15, 0.2) is 11.7 Å². The first-order chi connectivity index (χ1) is 14.2. The first kappa shape index (κ1) is 20.9. The van der Waals surface area contributed by atoms with Gasteiger partial charge in [0, 0.05) is 32.0 Å². The quantitative estimate of drug-likeness (QED) is 0.307. The minimum Gasteiger partial charge on any atom is -0.459 e. The molecule has 0 saturated heterocycles. The first-order valence-electron chi connectivity index (χ1n) is 10.3. The van der Waals surface area contributed by atoms with Gasteiger partial charge < -0.3 is 25.1 Å². The van der Waals surface area contributed by atoms with Gasteiger partial charge in [-0.15, -0.1) is 0 Å². The van der Waals surface area contributed by atoms with Crippen LogP contribution in [-0.2, 0) is 11.3 Å². The van der Waals surface area contributed by atoms with Crippen molar-refractivity contribution in [2.45, 2.75) is 32.7 Å². The maximum absolute atomic E-state index is 12.1. The molecule has 156 valence electrons. The molecular weight excluding hydrogens is 368 g/mol. The van der Waals surface area contributed by atoms with Crippen molar-refractivity contribution in [1.82, 2.24) is 10.6 Å². The molecule has 1 amide bonds. The van der Waals surface area contributed by atoms with Crippen LogP contribution in [0, 0.1) is 5.92 Å². The lowest BCUT2D eigenvalue weighted by Gasteiger charge is -2.12. The van der Waals surface area contributed by atoms with E-state index in [0.29, 0.717) is 12.2 Å². The van der Waals surface area contributed by atoms with E-state index in [-0.39, 0.29) is 11.7 Å². The van der Waals surface area contributed by atoms with Gasteiger partial charge in [-0.25, -0.2) is 4.99 Å². The van der Waals surface area contributed by atoms with Gasteiger partial charge in [0.05, 0.1) is 12.8 Å². The van der Waals surface area contributed by atoms with Crippen LogP contribution in [0.3, 0.4) is 0 Å². The number of nitrogens with zero attached hydrogens (tertiary/aromatic N) is 1. The maximum atomic E-state index is 12.1.